The standard InChI is InChI=1S/C77H150O17P2/c1-7-11-13-15-17-19-21-22-23-24-25-26-27-28-29-30-31-32-34-43-49-55-61-76(81)93-72(66-88-75(80)60-54-48-42-37-35-39-45-51-57-69(5)9-3)67-91-95(83,84)89-63-71(78)64-90-96(85,86)92-68-73(65-87-74(79)59-53-47-41-33-20-18-16-14-12-8-2)94-77(82)62-56-50-44-38-36-40-46-52-58-70(6)10-4/h69-73,78H,7-68H2,1-6H3,(H,83,84)(H,85,86)/t69?,70?,71-,72-,73-/m1/s1. The smallest absolute Gasteiger partial charge is 0.462 e. The van der Waals surface area contributed by atoms with Crippen LogP contribution in [0.1, 0.15) is 401 Å². The molecule has 0 bridgehead atoms. The number of aliphatic hydroxyl groups is 1. The highest BCUT2D eigenvalue weighted by atomic mass is 31.2. The van der Waals surface area contributed by atoms with Crippen LogP contribution in [0.5, 0.6) is 0 Å². The molecule has 4 unspecified atom stereocenters. The Bertz CT molecular complexity index is 1860. The Morgan fingerprint density at radius 1 is 0.292 bits per heavy atom. The summed E-state index contributed by atoms with van der Waals surface area (Å²) in [5, 5.41) is 10.6. The predicted octanol–water partition coefficient (Wildman–Crippen LogP) is 22.7. The zero-order chi connectivity index (χ0) is 70.7. The van der Waals surface area contributed by atoms with Crippen LogP contribution in [-0.4, -0.2) is 96.7 Å². The molecule has 19 heteroatoms. The van der Waals surface area contributed by atoms with E-state index in [1.165, 1.54) is 218 Å². The van der Waals surface area contributed by atoms with Crippen LogP contribution in [0.25, 0.3) is 0 Å². The van der Waals surface area contributed by atoms with Crippen molar-refractivity contribution in [3.05, 3.63) is 0 Å². The van der Waals surface area contributed by atoms with Crippen LogP contribution >= 0.6 is 15.6 Å². The van der Waals surface area contributed by atoms with Crippen molar-refractivity contribution >= 4 is 39.5 Å². The molecule has 0 aliphatic carbocycles. The molecule has 0 aromatic rings. The van der Waals surface area contributed by atoms with Gasteiger partial charge in [0, 0.05) is 25.7 Å². The highest BCUT2D eigenvalue weighted by Crippen LogP contribution is 2.45. The van der Waals surface area contributed by atoms with E-state index in [1.807, 2.05) is 0 Å². The second kappa shape index (κ2) is 68.8. The van der Waals surface area contributed by atoms with Crippen molar-refractivity contribution in [1.29, 1.82) is 0 Å². The van der Waals surface area contributed by atoms with Crippen LogP contribution in [0.3, 0.4) is 0 Å². The number of phosphoric ester groups is 2. The molecular formula is C77H150O17P2. The lowest BCUT2D eigenvalue weighted by atomic mass is 9.99. The van der Waals surface area contributed by atoms with Gasteiger partial charge in [0.15, 0.2) is 12.2 Å². The van der Waals surface area contributed by atoms with Crippen molar-refractivity contribution in [2.45, 2.75) is 419 Å². The average Bonchev–Trinajstić information content (AvgIpc) is 1.20. The van der Waals surface area contributed by atoms with E-state index in [0.717, 1.165) is 102 Å². The first-order chi connectivity index (χ1) is 46.4. The largest absolute Gasteiger partial charge is 0.472 e. The summed E-state index contributed by atoms with van der Waals surface area (Å²) in [5.74, 6) is -0.571. The fourth-order valence-corrected chi connectivity index (χ4v) is 13.3. The molecule has 0 aliphatic rings. The molecule has 0 aromatic carbocycles. The van der Waals surface area contributed by atoms with Crippen LogP contribution in [0.15, 0.2) is 0 Å². The summed E-state index contributed by atoms with van der Waals surface area (Å²) in [5.41, 5.74) is 0. The highest BCUT2D eigenvalue weighted by Gasteiger charge is 2.30. The second-order valence-electron chi connectivity index (χ2n) is 28.2. The Hall–Kier alpha value is -1.94. The second-order valence-corrected chi connectivity index (χ2v) is 31.1. The normalized spacial score (nSPS) is 14.6. The first-order valence-electron chi connectivity index (χ1n) is 40.1. The first-order valence-corrected chi connectivity index (χ1v) is 43.1. The third kappa shape index (κ3) is 67.9. The number of carbonyl (C=O) groups excluding carboxylic acids is 4. The number of hydrogen-bond acceptors (Lipinski definition) is 15. The molecule has 0 saturated carbocycles. The fourth-order valence-electron chi connectivity index (χ4n) is 11.8. The van der Waals surface area contributed by atoms with E-state index >= 15 is 0 Å². The topological polar surface area (TPSA) is 237 Å². The zero-order valence-corrected chi connectivity index (χ0v) is 64.5. The number of carbonyl (C=O) groups is 4. The number of aliphatic hydroxyl groups excluding tert-OH is 1. The van der Waals surface area contributed by atoms with Crippen molar-refractivity contribution < 1.29 is 80.2 Å². The van der Waals surface area contributed by atoms with Gasteiger partial charge in [-0.25, -0.2) is 9.13 Å². The van der Waals surface area contributed by atoms with Crippen molar-refractivity contribution in [2.75, 3.05) is 39.6 Å². The summed E-state index contributed by atoms with van der Waals surface area (Å²) >= 11 is 0. The highest BCUT2D eigenvalue weighted by molar-refractivity contribution is 7.47. The molecule has 0 amide bonds. The van der Waals surface area contributed by atoms with E-state index in [0.29, 0.717) is 25.7 Å². The molecule has 0 saturated heterocycles. The van der Waals surface area contributed by atoms with E-state index in [-0.39, 0.29) is 25.7 Å². The summed E-state index contributed by atoms with van der Waals surface area (Å²) in [7, 11) is -9.91. The average molecular weight is 1410 g/mol. The summed E-state index contributed by atoms with van der Waals surface area (Å²) in [6.07, 6.45) is 56.9. The van der Waals surface area contributed by atoms with Crippen LogP contribution < -0.4 is 0 Å². The molecule has 0 aliphatic heterocycles. The Kier molecular flexibility index (Phi) is 67.4. The fraction of sp³-hybridized carbons (Fsp3) is 0.948. The van der Waals surface area contributed by atoms with E-state index in [4.69, 9.17) is 37.0 Å². The van der Waals surface area contributed by atoms with Crippen molar-refractivity contribution in [3.63, 3.8) is 0 Å². The number of esters is 4. The third-order valence-corrected chi connectivity index (χ3v) is 20.6. The van der Waals surface area contributed by atoms with Gasteiger partial charge in [-0.05, 0) is 37.5 Å². The lowest BCUT2D eigenvalue weighted by Gasteiger charge is -2.21. The molecular weight excluding hydrogens is 1260 g/mol. The van der Waals surface area contributed by atoms with E-state index in [1.54, 1.807) is 0 Å². The molecule has 17 nitrogen and oxygen atoms in total. The third-order valence-electron chi connectivity index (χ3n) is 18.7. The number of rotatable bonds is 76. The molecule has 0 heterocycles. The van der Waals surface area contributed by atoms with Crippen LogP contribution in [-0.2, 0) is 65.4 Å². The summed E-state index contributed by atoms with van der Waals surface area (Å²) < 4.78 is 68.5. The van der Waals surface area contributed by atoms with Gasteiger partial charge in [0.05, 0.1) is 26.4 Å². The molecule has 0 spiro atoms. The van der Waals surface area contributed by atoms with Crippen molar-refractivity contribution in [1.82, 2.24) is 0 Å². The maximum absolute atomic E-state index is 13.1. The molecule has 3 N–H and O–H groups in total. The Morgan fingerprint density at radius 3 is 0.740 bits per heavy atom. The Balaban J connectivity index is 5.18. The molecule has 570 valence electrons. The van der Waals surface area contributed by atoms with Crippen molar-refractivity contribution in [2.24, 2.45) is 11.8 Å². The molecule has 0 fully saturated rings. The minimum atomic E-state index is -4.96. The molecule has 7 atom stereocenters. The molecule has 0 rings (SSSR count). The number of ether oxygens (including phenoxy) is 4. The summed E-state index contributed by atoms with van der Waals surface area (Å²) in [4.78, 5) is 72.8. The summed E-state index contributed by atoms with van der Waals surface area (Å²) in [6.45, 7) is 9.58. The van der Waals surface area contributed by atoms with Gasteiger partial charge in [0.2, 0.25) is 0 Å². The minimum absolute atomic E-state index is 0.105. The Labute approximate surface area is 588 Å². The van der Waals surface area contributed by atoms with Crippen LogP contribution in [0, 0.1) is 11.8 Å². The molecule has 0 aromatic heterocycles. The zero-order valence-electron chi connectivity index (χ0n) is 62.7. The monoisotopic (exact) mass is 1410 g/mol. The number of phosphoric acid groups is 2. The van der Waals surface area contributed by atoms with Crippen molar-refractivity contribution in [3.8, 4) is 0 Å². The van der Waals surface area contributed by atoms with Gasteiger partial charge in [-0.1, -0.05) is 350 Å². The maximum atomic E-state index is 13.1. The van der Waals surface area contributed by atoms with Crippen LogP contribution in [0.4, 0.5) is 0 Å². The van der Waals surface area contributed by atoms with Gasteiger partial charge in [-0.2, -0.15) is 0 Å². The van der Waals surface area contributed by atoms with E-state index in [2.05, 4.69) is 41.5 Å². The van der Waals surface area contributed by atoms with E-state index < -0.39 is 97.5 Å². The van der Waals surface area contributed by atoms with Gasteiger partial charge in [-0.15, -0.1) is 0 Å². The Morgan fingerprint density at radius 2 is 0.500 bits per heavy atom. The molecule has 96 heavy (non-hydrogen) atoms. The minimum Gasteiger partial charge on any atom is -0.462 e. The lowest BCUT2D eigenvalue weighted by molar-refractivity contribution is -0.161. The van der Waals surface area contributed by atoms with Gasteiger partial charge >= 0.3 is 39.5 Å². The quantitative estimate of drug-likeness (QED) is 0.0222. The van der Waals surface area contributed by atoms with Gasteiger partial charge in [0.1, 0.15) is 19.3 Å². The van der Waals surface area contributed by atoms with E-state index in [9.17, 15) is 43.2 Å². The maximum Gasteiger partial charge on any atom is 0.472 e. The van der Waals surface area contributed by atoms with Gasteiger partial charge in [0.25, 0.3) is 0 Å². The van der Waals surface area contributed by atoms with Crippen LogP contribution in [0.2, 0.25) is 0 Å². The van der Waals surface area contributed by atoms with Gasteiger partial charge < -0.3 is 33.8 Å². The number of unbranched alkanes of at least 4 members (excludes halogenated alkanes) is 44. The molecule has 0 radical (unpaired) electrons. The first kappa shape index (κ1) is 94.1. The predicted molar refractivity (Wildman–Crippen MR) is 391 cm³/mol. The number of hydrogen-bond donors (Lipinski definition) is 3. The van der Waals surface area contributed by atoms with Gasteiger partial charge in [-0.3, -0.25) is 37.3 Å². The summed E-state index contributed by atoms with van der Waals surface area (Å²) in [6, 6.07) is 0. The SMILES string of the molecule is CCCCCCCCCCCCCCCCCCCCCCCCC(=O)O[C@H](COC(=O)CCCCCCCCCCC(C)CC)COP(=O)(O)OC[C@@H](O)COP(=O)(O)OC[C@@H](COC(=O)CCCCCCCCCCCC)OC(=O)CCCCCCCCCCC(C)CC. The lowest BCUT2D eigenvalue weighted by Crippen LogP contribution is -2.30.